The fraction of sp³-hybridized carbons (Fsp3) is 0.571. The fourth-order valence-electron chi connectivity index (χ4n) is 1.83. The van der Waals surface area contributed by atoms with Crippen molar-refractivity contribution in [3.63, 3.8) is 0 Å². The van der Waals surface area contributed by atoms with Crippen LogP contribution in [0.5, 0.6) is 0 Å². The van der Waals surface area contributed by atoms with E-state index >= 15 is 0 Å². The normalized spacial score (nSPS) is 12.7. The fourth-order valence-corrected chi connectivity index (χ4v) is 1.83. The molecule has 1 aromatic rings. The first-order chi connectivity index (χ1) is 6.86. The van der Waals surface area contributed by atoms with Gasteiger partial charge in [0.15, 0.2) is 0 Å². The van der Waals surface area contributed by atoms with E-state index in [9.17, 15) is 0 Å². The van der Waals surface area contributed by atoms with Crippen molar-refractivity contribution >= 4 is 0 Å². The van der Waals surface area contributed by atoms with Gasteiger partial charge < -0.3 is 0 Å². The highest BCUT2D eigenvalue weighted by atomic mass is 14.1. The summed E-state index contributed by atoms with van der Waals surface area (Å²) in [6.07, 6.45) is 6.62. The second kappa shape index (κ2) is 6.64. The zero-order valence-electron chi connectivity index (χ0n) is 9.42. The molecule has 0 amide bonds. The lowest BCUT2D eigenvalue weighted by atomic mass is 9.92. The van der Waals surface area contributed by atoms with Gasteiger partial charge in [0.05, 0.1) is 0 Å². The summed E-state index contributed by atoms with van der Waals surface area (Å²) in [6.45, 7) is 4.57. The molecule has 0 saturated carbocycles. The van der Waals surface area contributed by atoms with E-state index < -0.39 is 0 Å². The van der Waals surface area contributed by atoms with Crippen molar-refractivity contribution < 1.29 is 0 Å². The molecule has 0 bridgehead atoms. The number of hydrogen-bond donors (Lipinski definition) is 0. The Morgan fingerprint density at radius 1 is 1.21 bits per heavy atom. The van der Waals surface area contributed by atoms with E-state index in [0.717, 1.165) is 5.92 Å². The van der Waals surface area contributed by atoms with Gasteiger partial charge in [-0.05, 0) is 24.0 Å². The van der Waals surface area contributed by atoms with Crippen LogP contribution in [0.2, 0.25) is 0 Å². The predicted molar refractivity (Wildman–Crippen MR) is 62.3 cm³/mol. The Kier molecular flexibility index (Phi) is 5.36. The summed E-state index contributed by atoms with van der Waals surface area (Å²) in [5.74, 6) is 0.873. The average Bonchev–Trinajstić information content (AvgIpc) is 2.25. The highest BCUT2D eigenvalue weighted by molar-refractivity contribution is 5.14. The van der Waals surface area contributed by atoms with Crippen molar-refractivity contribution in [2.45, 2.75) is 46.0 Å². The Morgan fingerprint density at radius 3 is 2.50 bits per heavy atom. The Balaban J connectivity index is 2.40. The second-order valence-electron chi connectivity index (χ2n) is 4.03. The van der Waals surface area contributed by atoms with Gasteiger partial charge in [0.1, 0.15) is 0 Å². The van der Waals surface area contributed by atoms with Gasteiger partial charge in [-0.25, -0.2) is 0 Å². The first kappa shape index (κ1) is 11.3. The van der Waals surface area contributed by atoms with E-state index in [1.807, 2.05) is 12.1 Å². The van der Waals surface area contributed by atoms with Crippen LogP contribution >= 0.6 is 0 Å². The first-order valence-electron chi connectivity index (χ1n) is 5.81. The summed E-state index contributed by atoms with van der Waals surface area (Å²) < 4.78 is 0. The number of unbranched alkanes of at least 4 members (excludes halogenated alkanes) is 1. The molecule has 0 spiro atoms. The molecule has 0 aliphatic rings. The van der Waals surface area contributed by atoms with Crippen molar-refractivity contribution in [1.82, 2.24) is 0 Å². The molecule has 0 N–H and O–H groups in total. The maximum absolute atomic E-state index is 3.07. The summed E-state index contributed by atoms with van der Waals surface area (Å²) in [5, 5.41) is 0. The molecule has 0 heteroatoms. The highest BCUT2D eigenvalue weighted by Gasteiger charge is 2.06. The molecule has 1 rings (SSSR count). The zero-order chi connectivity index (χ0) is 10.2. The van der Waals surface area contributed by atoms with Crippen molar-refractivity contribution in [2.75, 3.05) is 0 Å². The second-order valence-corrected chi connectivity index (χ2v) is 4.03. The standard InChI is InChI=1S/C14H21/c1-3-5-9-13(4-2)12-14-10-7-6-8-11-14/h7-8,10-11,13H,3-5,9,12H2,1-2H3. The van der Waals surface area contributed by atoms with E-state index in [0.29, 0.717) is 0 Å². The van der Waals surface area contributed by atoms with Crippen molar-refractivity contribution in [2.24, 2.45) is 5.92 Å². The average molecular weight is 189 g/mol. The van der Waals surface area contributed by atoms with Crippen LogP contribution in [0, 0.1) is 12.0 Å². The van der Waals surface area contributed by atoms with E-state index in [2.05, 4.69) is 32.0 Å². The topological polar surface area (TPSA) is 0 Å². The maximum atomic E-state index is 3.07. The molecule has 0 heterocycles. The molecule has 0 aliphatic carbocycles. The summed E-state index contributed by atoms with van der Waals surface area (Å²) in [4.78, 5) is 0. The van der Waals surface area contributed by atoms with E-state index in [-0.39, 0.29) is 0 Å². The molecule has 0 fully saturated rings. The molecular weight excluding hydrogens is 168 g/mol. The molecule has 0 aliphatic heterocycles. The van der Waals surface area contributed by atoms with Crippen LogP contribution in [0.25, 0.3) is 0 Å². The van der Waals surface area contributed by atoms with Gasteiger partial charge >= 0.3 is 0 Å². The van der Waals surface area contributed by atoms with Crippen molar-refractivity contribution in [1.29, 1.82) is 0 Å². The van der Waals surface area contributed by atoms with E-state index in [1.54, 1.807) is 0 Å². The Bertz CT molecular complexity index is 225. The lowest BCUT2D eigenvalue weighted by Gasteiger charge is -2.13. The van der Waals surface area contributed by atoms with Crippen LogP contribution in [-0.2, 0) is 6.42 Å². The Labute approximate surface area is 88.4 Å². The summed E-state index contributed by atoms with van der Waals surface area (Å²) in [5.41, 5.74) is 1.46. The molecule has 14 heavy (non-hydrogen) atoms. The third-order valence-corrected chi connectivity index (χ3v) is 2.85. The zero-order valence-corrected chi connectivity index (χ0v) is 9.42. The first-order valence-corrected chi connectivity index (χ1v) is 5.81. The highest BCUT2D eigenvalue weighted by Crippen LogP contribution is 2.17. The monoisotopic (exact) mass is 189 g/mol. The number of rotatable bonds is 6. The summed E-state index contributed by atoms with van der Waals surface area (Å²) >= 11 is 0. The van der Waals surface area contributed by atoms with Crippen molar-refractivity contribution in [3.05, 3.63) is 35.9 Å². The molecule has 0 saturated heterocycles. The number of hydrogen-bond acceptors (Lipinski definition) is 0. The molecule has 1 atom stereocenters. The van der Waals surface area contributed by atoms with Crippen LogP contribution in [0.1, 0.15) is 45.1 Å². The van der Waals surface area contributed by atoms with Crippen LogP contribution in [0.3, 0.4) is 0 Å². The van der Waals surface area contributed by atoms with Crippen LogP contribution in [-0.4, -0.2) is 0 Å². The maximum Gasteiger partial charge on any atom is -0.0184 e. The minimum absolute atomic E-state index is 0.873. The van der Waals surface area contributed by atoms with Gasteiger partial charge in [-0.15, -0.1) is 0 Å². The lowest BCUT2D eigenvalue weighted by molar-refractivity contribution is 0.449. The SMILES string of the molecule is CCCCC(CC)Cc1cc[c]cc1. The van der Waals surface area contributed by atoms with Gasteiger partial charge in [-0.3, -0.25) is 0 Å². The summed E-state index contributed by atoms with van der Waals surface area (Å²) in [7, 11) is 0. The lowest BCUT2D eigenvalue weighted by Crippen LogP contribution is -2.03. The smallest absolute Gasteiger partial charge is 0.0184 e. The Hall–Kier alpha value is -0.780. The quantitative estimate of drug-likeness (QED) is 0.627. The van der Waals surface area contributed by atoms with Crippen LogP contribution < -0.4 is 0 Å². The van der Waals surface area contributed by atoms with Gasteiger partial charge in [0, 0.05) is 0 Å². The van der Waals surface area contributed by atoms with Gasteiger partial charge in [-0.2, -0.15) is 0 Å². The molecule has 0 nitrogen and oxygen atoms in total. The minimum Gasteiger partial charge on any atom is -0.0654 e. The van der Waals surface area contributed by atoms with Gasteiger partial charge in [-0.1, -0.05) is 63.8 Å². The van der Waals surface area contributed by atoms with Crippen molar-refractivity contribution in [3.8, 4) is 0 Å². The minimum atomic E-state index is 0.873. The van der Waals surface area contributed by atoms with Crippen LogP contribution in [0.15, 0.2) is 24.3 Å². The van der Waals surface area contributed by atoms with Crippen LogP contribution in [0.4, 0.5) is 0 Å². The molecular formula is C14H21. The Morgan fingerprint density at radius 2 is 1.93 bits per heavy atom. The number of benzene rings is 1. The molecule has 1 aromatic carbocycles. The largest absolute Gasteiger partial charge is 0.0654 e. The van der Waals surface area contributed by atoms with Gasteiger partial charge in [0.2, 0.25) is 0 Å². The molecule has 77 valence electrons. The third kappa shape index (κ3) is 3.95. The third-order valence-electron chi connectivity index (χ3n) is 2.85. The van der Waals surface area contributed by atoms with Gasteiger partial charge in [0.25, 0.3) is 0 Å². The van der Waals surface area contributed by atoms with E-state index in [4.69, 9.17) is 0 Å². The molecule has 1 unspecified atom stereocenters. The molecule has 0 aromatic heterocycles. The summed E-state index contributed by atoms with van der Waals surface area (Å²) in [6, 6.07) is 11.5. The molecule has 1 radical (unpaired) electrons. The predicted octanol–water partition coefficient (Wildman–Crippen LogP) is 4.25. The van der Waals surface area contributed by atoms with E-state index in [1.165, 1.54) is 37.7 Å².